The summed E-state index contributed by atoms with van der Waals surface area (Å²) in [5.41, 5.74) is 4.30. The maximum Gasteiger partial charge on any atom is 0.118 e. The molecule has 3 aromatic rings. The average Bonchev–Trinajstić information content (AvgIpc) is 2.72. The minimum Gasteiger partial charge on any atom is -0.497 e. The van der Waals surface area contributed by atoms with Crippen LogP contribution < -0.4 is 4.74 Å². The van der Waals surface area contributed by atoms with Crippen molar-refractivity contribution < 1.29 is 4.74 Å². The summed E-state index contributed by atoms with van der Waals surface area (Å²) >= 11 is 1.52. The first-order chi connectivity index (χ1) is 12.8. The van der Waals surface area contributed by atoms with Crippen LogP contribution in [0.4, 0.5) is 0 Å². The van der Waals surface area contributed by atoms with Gasteiger partial charge in [0.05, 0.1) is 18.4 Å². The lowest BCUT2D eigenvalue weighted by molar-refractivity contribution is 0.415. The van der Waals surface area contributed by atoms with Crippen molar-refractivity contribution in [3.63, 3.8) is 0 Å². The summed E-state index contributed by atoms with van der Waals surface area (Å²) in [4.78, 5) is 4.74. The van der Waals surface area contributed by atoms with Gasteiger partial charge in [0.25, 0.3) is 0 Å². The monoisotopic (exact) mass is 358 g/mol. The molecule has 3 rings (SSSR count). The molecule has 0 saturated heterocycles. The number of nitriles is 1. The number of rotatable bonds is 6. The van der Waals surface area contributed by atoms with E-state index in [2.05, 4.69) is 12.6 Å². The van der Waals surface area contributed by atoms with Crippen molar-refractivity contribution in [2.45, 2.75) is 5.03 Å². The van der Waals surface area contributed by atoms with Crippen LogP contribution in [0.3, 0.4) is 0 Å². The lowest BCUT2D eigenvalue weighted by atomic mass is 9.99. The van der Waals surface area contributed by atoms with Crippen molar-refractivity contribution in [2.75, 3.05) is 12.9 Å². The quantitative estimate of drug-likeness (QED) is 0.427. The topological polar surface area (TPSA) is 45.9 Å². The van der Waals surface area contributed by atoms with E-state index < -0.39 is 0 Å². The minimum atomic E-state index is 0.598. The van der Waals surface area contributed by atoms with Gasteiger partial charge in [-0.1, -0.05) is 36.4 Å². The summed E-state index contributed by atoms with van der Waals surface area (Å²) in [6.45, 7) is 3.77. The SMILES string of the molecule is C=CCSc1nc(-c2ccc(OC)cc2)cc(-c2ccccc2)c1C#N. The first-order valence-corrected chi connectivity index (χ1v) is 9.14. The third-order valence-electron chi connectivity index (χ3n) is 3.91. The molecule has 0 aliphatic heterocycles. The molecular weight excluding hydrogens is 340 g/mol. The van der Waals surface area contributed by atoms with Gasteiger partial charge >= 0.3 is 0 Å². The number of hydrogen-bond donors (Lipinski definition) is 0. The van der Waals surface area contributed by atoms with Crippen LogP contribution in [0.25, 0.3) is 22.4 Å². The highest BCUT2D eigenvalue weighted by atomic mass is 32.2. The van der Waals surface area contributed by atoms with Gasteiger partial charge in [-0.25, -0.2) is 4.98 Å². The molecule has 0 amide bonds. The molecule has 26 heavy (non-hydrogen) atoms. The van der Waals surface area contributed by atoms with Crippen LogP contribution in [0, 0.1) is 11.3 Å². The first kappa shape index (κ1) is 17.8. The van der Waals surface area contributed by atoms with Gasteiger partial charge in [-0.05, 0) is 35.9 Å². The molecule has 0 spiro atoms. The van der Waals surface area contributed by atoms with Crippen molar-refractivity contribution in [2.24, 2.45) is 0 Å². The number of aromatic nitrogens is 1. The second kappa shape index (κ2) is 8.37. The smallest absolute Gasteiger partial charge is 0.118 e. The molecule has 1 aromatic heterocycles. The summed E-state index contributed by atoms with van der Waals surface area (Å²) in [6.07, 6.45) is 1.82. The summed E-state index contributed by atoms with van der Waals surface area (Å²) in [7, 11) is 1.65. The fourth-order valence-corrected chi connectivity index (χ4v) is 3.37. The first-order valence-electron chi connectivity index (χ1n) is 8.15. The number of benzene rings is 2. The van der Waals surface area contributed by atoms with Crippen LogP contribution >= 0.6 is 11.8 Å². The molecule has 0 radical (unpaired) electrons. The van der Waals surface area contributed by atoms with Gasteiger partial charge in [-0.2, -0.15) is 5.26 Å². The van der Waals surface area contributed by atoms with Crippen LogP contribution in [0.2, 0.25) is 0 Å². The van der Waals surface area contributed by atoms with Gasteiger partial charge in [0, 0.05) is 16.9 Å². The van der Waals surface area contributed by atoms with Crippen molar-refractivity contribution in [1.82, 2.24) is 4.98 Å². The molecule has 0 aliphatic rings. The van der Waals surface area contributed by atoms with E-state index in [1.165, 1.54) is 11.8 Å². The predicted octanol–water partition coefficient (Wildman–Crippen LogP) is 5.57. The molecule has 0 N–H and O–H groups in total. The van der Waals surface area contributed by atoms with Crippen molar-refractivity contribution >= 4 is 11.8 Å². The highest BCUT2D eigenvalue weighted by Crippen LogP contribution is 2.34. The zero-order valence-corrected chi connectivity index (χ0v) is 15.3. The average molecular weight is 358 g/mol. The van der Waals surface area contributed by atoms with Gasteiger partial charge in [0.1, 0.15) is 16.8 Å². The minimum absolute atomic E-state index is 0.598. The maximum absolute atomic E-state index is 9.74. The van der Waals surface area contributed by atoms with Crippen LogP contribution in [0.5, 0.6) is 5.75 Å². The van der Waals surface area contributed by atoms with Crippen LogP contribution in [0.1, 0.15) is 5.56 Å². The Balaban J connectivity index is 2.18. The molecule has 0 aliphatic carbocycles. The van der Waals surface area contributed by atoms with E-state index in [4.69, 9.17) is 9.72 Å². The van der Waals surface area contributed by atoms with E-state index in [1.807, 2.05) is 66.7 Å². The molecule has 4 heteroatoms. The van der Waals surface area contributed by atoms with Gasteiger partial charge in [-0.3, -0.25) is 0 Å². The van der Waals surface area contributed by atoms with E-state index in [0.717, 1.165) is 33.2 Å². The molecular formula is C22H18N2OS. The van der Waals surface area contributed by atoms with Crippen molar-refractivity contribution in [1.29, 1.82) is 5.26 Å². The molecule has 3 nitrogen and oxygen atoms in total. The fraction of sp³-hybridized carbons (Fsp3) is 0.0909. The Bertz CT molecular complexity index is 944. The molecule has 0 fully saturated rings. The van der Waals surface area contributed by atoms with Gasteiger partial charge in [0.2, 0.25) is 0 Å². The van der Waals surface area contributed by atoms with Crippen LogP contribution in [0.15, 0.2) is 78.3 Å². The largest absolute Gasteiger partial charge is 0.497 e. The fourth-order valence-electron chi connectivity index (χ4n) is 2.63. The molecule has 0 atom stereocenters. The van der Waals surface area contributed by atoms with Gasteiger partial charge in [-0.15, -0.1) is 18.3 Å². The highest BCUT2D eigenvalue weighted by Gasteiger charge is 2.15. The number of pyridine rings is 1. The lowest BCUT2D eigenvalue weighted by Crippen LogP contribution is -1.96. The number of nitrogens with zero attached hydrogens (tertiary/aromatic N) is 2. The predicted molar refractivity (Wildman–Crippen MR) is 107 cm³/mol. The van der Waals surface area contributed by atoms with Crippen LogP contribution in [-0.2, 0) is 0 Å². The lowest BCUT2D eigenvalue weighted by Gasteiger charge is -2.12. The summed E-state index contributed by atoms with van der Waals surface area (Å²) < 4.78 is 5.23. The summed E-state index contributed by atoms with van der Waals surface area (Å²) in [6, 6.07) is 22.0. The third kappa shape index (κ3) is 3.79. The Morgan fingerprint density at radius 1 is 1.12 bits per heavy atom. The molecule has 0 bridgehead atoms. The Labute approximate surface area is 158 Å². The number of ether oxygens (including phenoxy) is 1. The van der Waals surface area contributed by atoms with E-state index in [-0.39, 0.29) is 0 Å². The van der Waals surface area contributed by atoms with E-state index in [9.17, 15) is 5.26 Å². The Morgan fingerprint density at radius 2 is 1.85 bits per heavy atom. The Kier molecular flexibility index (Phi) is 5.73. The van der Waals surface area contributed by atoms with Crippen molar-refractivity contribution in [3.05, 3.63) is 78.9 Å². The van der Waals surface area contributed by atoms with Gasteiger partial charge in [0.15, 0.2) is 0 Å². The zero-order chi connectivity index (χ0) is 18.4. The number of thioether (sulfide) groups is 1. The van der Waals surface area contributed by atoms with Crippen LogP contribution in [-0.4, -0.2) is 17.8 Å². The van der Waals surface area contributed by atoms with Crippen molar-refractivity contribution in [3.8, 4) is 34.2 Å². The summed E-state index contributed by atoms with van der Waals surface area (Å²) in [5.74, 6) is 1.49. The zero-order valence-electron chi connectivity index (χ0n) is 14.5. The highest BCUT2D eigenvalue weighted by molar-refractivity contribution is 7.99. The molecule has 2 aromatic carbocycles. The molecule has 128 valence electrons. The normalized spacial score (nSPS) is 10.2. The maximum atomic E-state index is 9.74. The van der Waals surface area contributed by atoms with Gasteiger partial charge < -0.3 is 4.74 Å². The standard InChI is InChI=1S/C22H18N2OS/c1-3-13-26-22-20(15-23)19(16-7-5-4-6-8-16)14-21(24-22)17-9-11-18(25-2)12-10-17/h3-12,14H,1,13H2,2H3. The Hall–Kier alpha value is -3.03. The molecule has 0 unspecified atom stereocenters. The third-order valence-corrected chi connectivity index (χ3v) is 4.88. The Morgan fingerprint density at radius 3 is 2.46 bits per heavy atom. The van der Waals surface area contributed by atoms with E-state index in [1.54, 1.807) is 7.11 Å². The number of methoxy groups -OCH3 is 1. The summed E-state index contributed by atoms with van der Waals surface area (Å²) in [5, 5.41) is 10.5. The van der Waals surface area contributed by atoms with E-state index in [0.29, 0.717) is 11.3 Å². The van der Waals surface area contributed by atoms with E-state index >= 15 is 0 Å². The molecule has 0 saturated carbocycles. The molecule has 1 heterocycles. The second-order valence-electron chi connectivity index (χ2n) is 5.54. The second-order valence-corrected chi connectivity index (χ2v) is 6.55. The number of hydrogen-bond acceptors (Lipinski definition) is 4.